The summed E-state index contributed by atoms with van der Waals surface area (Å²) in [4.78, 5) is 29.4. The van der Waals surface area contributed by atoms with Crippen LogP contribution in [0.5, 0.6) is 0 Å². The third-order valence-electron chi connectivity index (χ3n) is 5.28. The Labute approximate surface area is 171 Å². The van der Waals surface area contributed by atoms with Crippen molar-refractivity contribution in [2.75, 3.05) is 26.2 Å². The van der Waals surface area contributed by atoms with E-state index in [9.17, 15) is 9.59 Å². The number of carbonyl (C=O) groups excluding carboxylic acids is 2. The number of hydrogen-bond donors (Lipinski definition) is 1. The Morgan fingerprint density at radius 3 is 2.36 bits per heavy atom. The van der Waals surface area contributed by atoms with Gasteiger partial charge < -0.3 is 15.5 Å². The third-order valence-corrected chi connectivity index (χ3v) is 5.51. The van der Waals surface area contributed by atoms with Gasteiger partial charge >= 0.3 is 0 Å². The maximum absolute atomic E-state index is 13.0. The maximum Gasteiger partial charge on any atom is 0.253 e. The summed E-state index contributed by atoms with van der Waals surface area (Å²) in [6.45, 7) is 4.14. The molecule has 2 amide bonds. The molecule has 1 heterocycles. The first-order valence-corrected chi connectivity index (χ1v) is 9.99. The van der Waals surface area contributed by atoms with Gasteiger partial charge in [-0.05, 0) is 30.2 Å². The fourth-order valence-electron chi connectivity index (χ4n) is 3.55. The van der Waals surface area contributed by atoms with E-state index in [2.05, 4.69) is 0 Å². The highest BCUT2D eigenvalue weighted by Gasteiger charge is 2.29. The van der Waals surface area contributed by atoms with E-state index in [0.717, 1.165) is 12.0 Å². The van der Waals surface area contributed by atoms with Crippen molar-refractivity contribution < 1.29 is 9.59 Å². The van der Waals surface area contributed by atoms with Gasteiger partial charge in [-0.2, -0.15) is 0 Å². The van der Waals surface area contributed by atoms with Crippen LogP contribution in [0.4, 0.5) is 0 Å². The highest BCUT2D eigenvalue weighted by atomic mass is 35.5. The van der Waals surface area contributed by atoms with Crippen LogP contribution in [-0.4, -0.2) is 47.8 Å². The molecule has 5 nitrogen and oxygen atoms in total. The first-order chi connectivity index (χ1) is 13.5. The number of hydrogen-bond acceptors (Lipinski definition) is 3. The second-order valence-corrected chi connectivity index (χ2v) is 7.64. The fraction of sp³-hybridized carbons (Fsp3) is 0.364. The first-order valence-electron chi connectivity index (χ1n) is 9.61. The zero-order chi connectivity index (χ0) is 20.1. The largest absolute Gasteiger partial charge is 0.341 e. The van der Waals surface area contributed by atoms with Crippen LogP contribution in [0.25, 0.3) is 0 Å². The van der Waals surface area contributed by atoms with Crippen LogP contribution in [0.15, 0.2) is 54.6 Å². The van der Waals surface area contributed by atoms with Gasteiger partial charge in [0.2, 0.25) is 5.91 Å². The molecule has 2 aromatic rings. The quantitative estimate of drug-likeness (QED) is 0.857. The van der Waals surface area contributed by atoms with Crippen molar-refractivity contribution in [3.05, 3.63) is 70.7 Å². The molecule has 1 aliphatic rings. The maximum atomic E-state index is 13.0. The summed E-state index contributed by atoms with van der Waals surface area (Å²) in [7, 11) is 0. The van der Waals surface area contributed by atoms with E-state index in [1.54, 1.807) is 29.2 Å². The van der Waals surface area contributed by atoms with Crippen LogP contribution < -0.4 is 5.73 Å². The molecule has 1 aliphatic heterocycles. The smallest absolute Gasteiger partial charge is 0.253 e. The summed E-state index contributed by atoms with van der Waals surface area (Å²) in [5.41, 5.74) is 7.86. The van der Waals surface area contributed by atoms with Crippen molar-refractivity contribution in [2.45, 2.75) is 19.4 Å². The predicted molar refractivity (Wildman–Crippen MR) is 111 cm³/mol. The highest BCUT2D eigenvalue weighted by molar-refractivity contribution is 6.30. The van der Waals surface area contributed by atoms with E-state index in [-0.39, 0.29) is 23.8 Å². The molecule has 0 aliphatic carbocycles. The van der Waals surface area contributed by atoms with Crippen LogP contribution in [0.3, 0.4) is 0 Å². The molecule has 0 saturated carbocycles. The molecule has 0 radical (unpaired) electrons. The number of nitrogens with two attached hydrogens (primary N) is 1. The molecule has 0 bridgehead atoms. The molecule has 28 heavy (non-hydrogen) atoms. The van der Waals surface area contributed by atoms with Gasteiger partial charge in [0.05, 0.1) is 5.92 Å². The molecular formula is C22H26ClN3O2. The van der Waals surface area contributed by atoms with Crippen molar-refractivity contribution in [1.29, 1.82) is 0 Å². The van der Waals surface area contributed by atoms with E-state index in [1.807, 2.05) is 42.2 Å². The van der Waals surface area contributed by atoms with Gasteiger partial charge in [-0.15, -0.1) is 0 Å². The van der Waals surface area contributed by atoms with Crippen LogP contribution in [-0.2, 0) is 4.79 Å². The molecule has 1 saturated heterocycles. The SMILES string of the molecule is CC(C(=O)N1CCCN(C(=O)c2cccc(Cl)c2)CC1)C(N)c1ccccc1. The monoisotopic (exact) mass is 399 g/mol. The van der Waals surface area contributed by atoms with Crippen molar-refractivity contribution >= 4 is 23.4 Å². The van der Waals surface area contributed by atoms with Gasteiger partial charge in [0, 0.05) is 42.8 Å². The second kappa shape index (κ2) is 9.22. The van der Waals surface area contributed by atoms with Gasteiger partial charge in [-0.1, -0.05) is 54.9 Å². The lowest BCUT2D eigenvalue weighted by atomic mass is 9.94. The van der Waals surface area contributed by atoms with E-state index in [1.165, 1.54) is 0 Å². The molecule has 0 aromatic heterocycles. The molecule has 2 aromatic carbocycles. The van der Waals surface area contributed by atoms with E-state index >= 15 is 0 Å². The van der Waals surface area contributed by atoms with Crippen LogP contribution in [0.2, 0.25) is 5.02 Å². The minimum absolute atomic E-state index is 0.0356. The summed E-state index contributed by atoms with van der Waals surface area (Å²) >= 11 is 6.00. The van der Waals surface area contributed by atoms with E-state index in [0.29, 0.717) is 36.8 Å². The minimum Gasteiger partial charge on any atom is -0.341 e. The molecule has 0 spiro atoms. The fourth-order valence-corrected chi connectivity index (χ4v) is 3.74. The van der Waals surface area contributed by atoms with Crippen LogP contribution >= 0.6 is 11.6 Å². The lowest BCUT2D eigenvalue weighted by molar-refractivity contribution is -0.135. The number of rotatable bonds is 4. The van der Waals surface area contributed by atoms with Crippen molar-refractivity contribution in [2.24, 2.45) is 11.7 Å². The second-order valence-electron chi connectivity index (χ2n) is 7.21. The van der Waals surface area contributed by atoms with Gasteiger partial charge in [-0.3, -0.25) is 9.59 Å². The standard InChI is InChI=1S/C22H26ClN3O2/c1-16(20(24)17-7-3-2-4-8-17)21(27)25-11-6-12-26(14-13-25)22(28)18-9-5-10-19(23)15-18/h2-5,7-10,15-16,20H,6,11-14,24H2,1H3. The normalized spacial score (nSPS) is 17.0. The zero-order valence-corrected chi connectivity index (χ0v) is 16.8. The molecule has 3 rings (SSSR count). The zero-order valence-electron chi connectivity index (χ0n) is 16.1. The van der Waals surface area contributed by atoms with E-state index < -0.39 is 0 Å². The predicted octanol–water partition coefficient (Wildman–Crippen LogP) is 3.35. The number of benzene rings is 2. The Morgan fingerprint density at radius 2 is 1.64 bits per heavy atom. The summed E-state index contributed by atoms with van der Waals surface area (Å²) in [6, 6.07) is 16.3. The summed E-state index contributed by atoms with van der Waals surface area (Å²) in [6.07, 6.45) is 0.741. The van der Waals surface area contributed by atoms with Crippen molar-refractivity contribution in [3.63, 3.8) is 0 Å². The average molecular weight is 400 g/mol. The highest BCUT2D eigenvalue weighted by Crippen LogP contribution is 2.22. The molecule has 2 unspecified atom stereocenters. The summed E-state index contributed by atoms with van der Waals surface area (Å²) in [5.74, 6) is -0.336. The topological polar surface area (TPSA) is 66.6 Å². The summed E-state index contributed by atoms with van der Waals surface area (Å²) < 4.78 is 0. The number of halogens is 1. The molecular weight excluding hydrogens is 374 g/mol. The molecule has 2 atom stereocenters. The van der Waals surface area contributed by atoms with Gasteiger partial charge in [0.1, 0.15) is 0 Å². The minimum atomic E-state index is -0.346. The summed E-state index contributed by atoms with van der Waals surface area (Å²) in [5, 5.41) is 0.543. The van der Waals surface area contributed by atoms with Gasteiger partial charge in [0.25, 0.3) is 5.91 Å². The number of amides is 2. The number of carbonyl (C=O) groups is 2. The Hall–Kier alpha value is -2.37. The molecule has 148 valence electrons. The van der Waals surface area contributed by atoms with Crippen LogP contribution in [0.1, 0.15) is 35.3 Å². The van der Waals surface area contributed by atoms with Crippen molar-refractivity contribution in [3.8, 4) is 0 Å². The Kier molecular flexibility index (Phi) is 6.70. The van der Waals surface area contributed by atoms with Gasteiger partial charge in [0.15, 0.2) is 0 Å². The van der Waals surface area contributed by atoms with E-state index in [4.69, 9.17) is 17.3 Å². The number of nitrogens with zero attached hydrogens (tertiary/aromatic N) is 2. The molecule has 2 N–H and O–H groups in total. The lowest BCUT2D eigenvalue weighted by Crippen LogP contribution is -2.42. The Balaban J connectivity index is 1.63. The Morgan fingerprint density at radius 1 is 0.964 bits per heavy atom. The lowest BCUT2D eigenvalue weighted by Gasteiger charge is -2.27. The van der Waals surface area contributed by atoms with Crippen molar-refractivity contribution in [1.82, 2.24) is 9.80 Å². The molecule has 6 heteroatoms. The average Bonchev–Trinajstić information content (AvgIpc) is 2.98. The first kappa shape index (κ1) is 20.4. The third kappa shape index (κ3) is 4.72. The Bertz CT molecular complexity index is 828. The molecule has 1 fully saturated rings. The van der Waals surface area contributed by atoms with Crippen LogP contribution in [0, 0.1) is 5.92 Å². The van der Waals surface area contributed by atoms with Gasteiger partial charge in [-0.25, -0.2) is 0 Å².